The lowest BCUT2D eigenvalue weighted by atomic mass is 10.1. The highest BCUT2D eigenvalue weighted by atomic mass is 35.5. The summed E-state index contributed by atoms with van der Waals surface area (Å²) < 4.78 is 0. The lowest BCUT2D eigenvalue weighted by Crippen LogP contribution is -2.32. The molecule has 1 aliphatic carbocycles. The van der Waals surface area contributed by atoms with Gasteiger partial charge in [0.15, 0.2) is 0 Å². The highest BCUT2D eigenvalue weighted by molar-refractivity contribution is 6.33. The molecule has 92 valence electrons. The zero-order chi connectivity index (χ0) is 12.4. The van der Waals surface area contributed by atoms with E-state index in [0.717, 1.165) is 12.8 Å². The highest BCUT2D eigenvalue weighted by Crippen LogP contribution is 2.25. The molecule has 1 aromatic rings. The molecule has 1 fully saturated rings. The van der Waals surface area contributed by atoms with Crippen molar-refractivity contribution < 1.29 is 4.79 Å². The Kier molecular flexibility index (Phi) is 3.57. The van der Waals surface area contributed by atoms with Gasteiger partial charge in [-0.2, -0.15) is 0 Å². The van der Waals surface area contributed by atoms with Crippen LogP contribution in [-0.2, 0) is 0 Å². The third kappa shape index (κ3) is 2.91. The van der Waals surface area contributed by atoms with E-state index in [1.54, 1.807) is 18.2 Å². The maximum Gasteiger partial charge on any atom is 0.251 e. The molecule has 3 nitrogen and oxygen atoms in total. The molecule has 3 N–H and O–H groups in total. The van der Waals surface area contributed by atoms with Gasteiger partial charge < -0.3 is 11.1 Å². The minimum Gasteiger partial charge on any atom is -0.398 e. The highest BCUT2D eigenvalue weighted by Gasteiger charge is 2.23. The molecule has 0 saturated heterocycles. The number of nitrogens with two attached hydrogens (primary N) is 1. The fraction of sp³-hybridized carbons (Fsp3) is 0.462. The Bertz CT molecular complexity index is 433. The summed E-state index contributed by atoms with van der Waals surface area (Å²) in [4.78, 5) is 12.0. The Labute approximate surface area is 106 Å². The third-order valence-corrected chi connectivity index (χ3v) is 3.63. The van der Waals surface area contributed by atoms with Gasteiger partial charge in [-0.15, -0.1) is 0 Å². The van der Waals surface area contributed by atoms with E-state index in [1.807, 2.05) is 0 Å². The van der Waals surface area contributed by atoms with Gasteiger partial charge in [0.05, 0.1) is 10.7 Å². The van der Waals surface area contributed by atoms with E-state index >= 15 is 0 Å². The Morgan fingerprint density at radius 3 is 2.82 bits per heavy atom. The van der Waals surface area contributed by atoms with Crippen LogP contribution in [0.3, 0.4) is 0 Å². The lowest BCUT2D eigenvalue weighted by molar-refractivity contribution is 0.0937. The molecule has 0 radical (unpaired) electrons. The molecule has 17 heavy (non-hydrogen) atoms. The number of amides is 1. The van der Waals surface area contributed by atoms with E-state index in [9.17, 15) is 4.79 Å². The number of nitrogen functional groups attached to an aromatic ring is 1. The van der Waals surface area contributed by atoms with Gasteiger partial charge in [-0.05, 0) is 43.4 Å². The number of benzene rings is 1. The summed E-state index contributed by atoms with van der Waals surface area (Å²) in [5.74, 6) is 0.642. The van der Waals surface area contributed by atoms with Crippen molar-refractivity contribution in [3.63, 3.8) is 0 Å². The van der Waals surface area contributed by atoms with Crippen molar-refractivity contribution in [3.05, 3.63) is 28.8 Å². The smallest absolute Gasteiger partial charge is 0.251 e. The second-order valence-electron chi connectivity index (χ2n) is 4.82. The first-order valence-electron chi connectivity index (χ1n) is 5.92. The molecular weight excluding hydrogens is 236 g/mol. The van der Waals surface area contributed by atoms with E-state index in [-0.39, 0.29) is 5.91 Å². The molecule has 0 spiro atoms. The van der Waals surface area contributed by atoms with E-state index in [0.29, 0.717) is 28.2 Å². The number of nitrogens with one attached hydrogen (secondary N) is 1. The van der Waals surface area contributed by atoms with Gasteiger partial charge in [0.2, 0.25) is 0 Å². The van der Waals surface area contributed by atoms with E-state index in [4.69, 9.17) is 17.3 Å². The molecule has 1 aliphatic rings. The molecule has 0 bridgehead atoms. The van der Waals surface area contributed by atoms with Crippen LogP contribution in [0.25, 0.3) is 0 Å². The zero-order valence-corrected chi connectivity index (χ0v) is 10.6. The van der Waals surface area contributed by atoms with Crippen molar-refractivity contribution >= 4 is 23.2 Å². The number of carbonyl (C=O) groups is 1. The van der Waals surface area contributed by atoms with Crippen molar-refractivity contribution in [2.24, 2.45) is 5.92 Å². The summed E-state index contributed by atoms with van der Waals surface area (Å²) in [5, 5.41) is 3.52. The van der Waals surface area contributed by atoms with E-state index in [2.05, 4.69) is 12.2 Å². The van der Waals surface area contributed by atoms with Gasteiger partial charge in [-0.3, -0.25) is 4.79 Å². The summed E-state index contributed by atoms with van der Waals surface area (Å²) in [6, 6.07) is 5.28. The molecule has 4 heteroatoms. The quantitative estimate of drug-likeness (QED) is 0.796. The first kappa shape index (κ1) is 12.2. The summed E-state index contributed by atoms with van der Waals surface area (Å²) in [7, 11) is 0. The predicted octanol–water partition coefficient (Wildman–Crippen LogP) is 2.84. The average Bonchev–Trinajstić information content (AvgIpc) is 2.68. The Hall–Kier alpha value is -1.22. The van der Waals surface area contributed by atoms with Crippen LogP contribution < -0.4 is 11.1 Å². The van der Waals surface area contributed by atoms with Gasteiger partial charge in [-0.25, -0.2) is 0 Å². The zero-order valence-electron chi connectivity index (χ0n) is 9.87. The number of carbonyl (C=O) groups excluding carboxylic acids is 1. The molecule has 0 heterocycles. The molecule has 0 aliphatic heterocycles. The SMILES string of the molecule is CC1CCC(NC(=O)c2ccc(Cl)c(N)c2)C1. The van der Waals surface area contributed by atoms with Gasteiger partial charge in [0, 0.05) is 11.6 Å². The standard InChI is InChI=1S/C13H17ClN2O/c1-8-2-4-10(6-8)16-13(17)9-3-5-11(14)12(15)7-9/h3,5,7-8,10H,2,4,6,15H2,1H3,(H,16,17). The predicted molar refractivity (Wildman–Crippen MR) is 70.1 cm³/mol. The van der Waals surface area contributed by atoms with Gasteiger partial charge >= 0.3 is 0 Å². The molecule has 1 aromatic carbocycles. The van der Waals surface area contributed by atoms with Crippen LogP contribution in [-0.4, -0.2) is 11.9 Å². The van der Waals surface area contributed by atoms with Crippen LogP contribution in [0.2, 0.25) is 5.02 Å². The van der Waals surface area contributed by atoms with Gasteiger partial charge in [0.25, 0.3) is 5.91 Å². The topological polar surface area (TPSA) is 55.1 Å². The number of halogens is 1. The maximum atomic E-state index is 12.0. The Morgan fingerprint density at radius 1 is 1.47 bits per heavy atom. The first-order valence-corrected chi connectivity index (χ1v) is 6.30. The number of hydrogen-bond donors (Lipinski definition) is 2. The molecule has 0 aromatic heterocycles. The second kappa shape index (κ2) is 4.96. The molecule has 2 rings (SSSR count). The fourth-order valence-electron chi connectivity index (χ4n) is 2.29. The molecule has 2 unspecified atom stereocenters. The second-order valence-corrected chi connectivity index (χ2v) is 5.23. The van der Waals surface area contributed by atoms with Crippen molar-refractivity contribution in [1.82, 2.24) is 5.32 Å². The molecule has 1 saturated carbocycles. The maximum absolute atomic E-state index is 12.0. The minimum atomic E-state index is -0.0625. The van der Waals surface area contributed by atoms with Crippen molar-refractivity contribution in [2.75, 3.05) is 5.73 Å². The Morgan fingerprint density at radius 2 is 2.24 bits per heavy atom. The van der Waals surface area contributed by atoms with Gasteiger partial charge in [-0.1, -0.05) is 18.5 Å². The number of hydrogen-bond acceptors (Lipinski definition) is 2. The fourth-order valence-corrected chi connectivity index (χ4v) is 2.41. The molecule has 2 atom stereocenters. The van der Waals surface area contributed by atoms with Crippen molar-refractivity contribution in [2.45, 2.75) is 32.2 Å². The van der Waals surface area contributed by atoms with Crippen LogP contribution in [0.4, 0.5) is 5.69 Å². The van der Waals surface area contributed by atoms with E-state index < -0.39 is 0 Å². The molecule has 1 amide bonds. The normalized spacial score (nSPS) is 23.6. The minimum absolute atomic E-state index is 0.0625. The monoisotopic (exact) mass is 252 g/mol. The lowest BCUT2D eigenvalue weighted by Gasteiger charge is -2.12. The number of anilines is 1. The van der Waals surface area contributed by atoms with Gasteiger partial charge in [0.1, 0.15) is 0 Å². The van der Waals surface area contributed by atoms with Crippen molar-refractivity contribution in [3.8, 4) is 0 Å². The average molecular weight is 253 g/mol. The van der Waals surface area contributed by atoms with E-state index in [1.165, 1.54) is 6.42 Å². The van der Waals surface area contributed by atoms with Crippen LogP contribution in [0.1, 0.15) is 36.5 Å². The first-order chi connectivity index (χ1) is 8.06. The van der Waals surface area contributed by atoms with Crippen LogP contribution in [0, 0.1) is 5.92 Å². The molecular formula is C13H17ClN2O. The summed E-state index contributed by atoms with van der Waals surface area (Å²) in [6.07, 6.45) is 3.32. The summed E-state index contributed by atoms with van der Waals surface area (Å²) in [6.45, 7) is 2.21. The summed E-state index contributed by atoms with van der Waals surface area (Å²) >= 11 is 5.82. The third-order valence-electron chi connectivity index (χ3n) is 3.29. The van der Waals surface area contributed by atoms with Crippen LogP contribution >= 0.6 is 11.6 Å². The summed E-state index contributed by atoms with van der Waals surface area (Å²) in [5.41, 5.74) is 6.70. The largest absolute Gasteiger partial charge is 0.398 e. The van der Waals surface area contributed by atoms with Crippen LogP contribution in [0.5, 0.6) is 0 Å². The van der Waals surface area contributed by atoms with Crippen LogP contribution in [0.15, 0.2) is 18.2 Å². The van der Waals surface area contributed by atoms with Crippen molar-refractivity contribution in [1.29, 1.82) is 0 Å². The number of rotatable bonds is 2. The Balaban J connectivity index is 2.02.